The van der Waals surface area contributed by atoms with Gasteiger partial charge in [-0.2, -0.15) is 5.10 Å². The lowest BCUT2D eigenvalue weighted by Gasteiger charge is -2.02. The molecule has 1 aromatic carbocycles. The maximum absolute atomic E-state index is 4.40. The fraction of sp³-hybridized carbons (Fsp3) is 0.357. The second-order valence-corrected chi connectivity index (χ2v) is 4.26. The van der Waals surface area contributed by atoms with Crippen LogP contribution in [0.15, 0.2) is 24.3 Å². The van der Waals surface area contributed by atoms with Crippen molar-refractivity contribution in [1.29, 1.82) is 0 Å². The number of benzene rings is 1. The molecule has 17 heavy (non-hydrogen) atoms. The highest BCUT2D eigenvalue weighted by atomic mass is 15.1. The molecular weight excluding hydrogens is 210 g/mol. The Labute approximate surface area is 102 Å². The van der Waals surface area contributed by atoms with Gasteiger partial charge in [-0.05, 0) is 31.5 Å². The van der Waals surface area contributed by atoms with Crippen LogP contribution >= 0.6 is 0 Å². The molecule has 90 valence electrons. The van der Waals surface area contributed by atoms with Crippen LogP contribution in [0, 0.1) is 6.92 Å². The molecule has 0 aliphatic heterocycles. The highest BCUT2D eigenvalue weighted by Crippen LogP contribution is 2.23. The zero-order chi connectivity index (χ0) is 12.3. The number of H-pyrrole nitrogens is 1. The van der Waals surface area contributed by atoms with Crippen molar-refractivity contribution in [2.24, 2.45) is 0 Å². The Hall–Kier alpha value is -1.61. The molecule has 2 rings (SSSR count). The highest BCUT2D eigenvalue weighted by molar-refractivity contribution is 5.63. The number of hydrogen-bond donors (Lipinski definition) is 2. The van der Waals surface area contributed by atoms with E-state index in [1.807, 2.05) is 7.05 Å². The van der Waals surface area contributed by atoms with Crippen molar-refractivity contribution in [3.63, 3.8) is 0 Å². The number of aryl methyl sites for hydroxylation is 1. The second-order valence-electron chi connectivity index (χ2n) is 4.26. The monoisotopic (exact) mass is 229 g/mol. The van der Waals surface area contributed by atoms with Crippen LogP contribution in [-0.2, 0) is 13.0 Å². The third-order valence-electron chi connectivity index (χ3n) is 3.10. The lowest BCUT2D eigenvalue weighted by Crippen LogP contribution is -2.06. The molecular formula is C14H19N3. The molecule has 0 saturated heterocycles. The van der Waals surface area contributed by atoms with Crippen molar-refractivity contribution in [2.75, 3.05) is 7.05 Å². The maximum Gasteiger partial charge on any atom is 0.0953 e. The van der Waals surface area contributed by atoms with Crippen LogP contribution in [0.5, 0.6) is 0 Å². The number of aromatic nitrogens is 2. The van der Waals surface area contributed by atoms with E-state index in [0.717, 1.165) is 24.4 Å². The van der Waals surface area contributed by atoms with E-state index < -0.39 is 0 Å². The molecule has 1 aromatic heterocycles. The van der Waals surface area contributed by atoms with Gasteiger partial charge in [0.05, 0.1) is 11.4 Å². The highest BCUT2D eigenvalue weighted by Gasteiger charge is 2.09. The Morgan fingerprint density at radius 2 is 1.94 bits per heavy atom. The normalized spacial score (nSPS) is 10.8. The minimum atomic E-state index is 0.825. The molecule has 3 nitrogen and oxygen atoms in total. The summed E-state index contributed by atoms with van der Waals surface area (Å²) in [7, 11) is 1.94. The van der Waals surface area contributed by atoms with Crippen molar-refractivity contribution in [3.05, 3.63) is 41.1 Å². The van der Waals surface area contributed by atoms with Crippen LogP contribution in [0.4, 0.5) is 0 Å². The van der Waals surface area contributed by atoms with Crippen LogP contribution in [0.1, 0.15) is 23.7 Å². The molecule has 0 atom stereocenters. The van der Waals surface area contributed by atoms with Gasteiger partial charge >= 0.3 is 0 Å². The molecule has 0 aliphatic rings. The van der Waals surface area contributed by atoms with Gasteiger partial charge in [-0.15, -0.1) is 0 Å². The third-order valence-corrected chi connectivity index (χ3v) is 3.10. The zero-order valence-corrected chi connectivity index (χ0v) is 10.7. The van der Waals surface area contributed by atoms with Crippen molar-refractivity contribution in [1.82, 2.24) is 15.5 Å². The molecule has 0 fully saturated rings. The fourth-order valence-corrected chi connectivity index (χ4v) is 1.96. The standard InChI is InChI=1S/C14H19N3/c1-4-11-5-7-12(8-6-11)14-10(2)13(9-15-3)16-17-14/h5-8,15H,4,9H2,1-3H3,(H,16,17). The number of aromatic amines is 1. The first-order valence-electron chi connectivity index (χ1n) is 6.04. The summed E-state index contributed by atoms with van der Waals surface area (Å²) in [5.41, 5.74) is 5.97. The molecule has 0 aliphatic carbocycles. The summed E-state index contributed by atoms with van der Waals surface area (Å²) in [6.45, 7) is 5.10. The van der Waals surface area contributed by atoms with E-state index in [-0.39, 0.29) is 0 Å². The Kier molecular flexibility index (Phi) is 3.59. The van der Waals surface area contributed by atoms with Gasteiger partial charge in [-0.25, -0.2) is 0 Å². The average molecular weight is 229 g/mol. The van der Waals surface area contributed by atoms with Crippen LogP contribution in [0.3, 0.4) is 0 Å². The quantitative estimate of drug-likeness (QED) is 0.846. The van der Waals surface area contributed by atoms with Gasteiger partial charge in [0.15, 0.2) is 0 Å². The van der Waals surface area contributed by atoms with E-state index >= 15 is 0 Å². The SMILES string of the molecule is CCc1ccc(-c2n[nH]c(CNC)c2C)cc1. The summed E-state index contributed by atoms with van der Waals surface area (Å²) >= 11 is 0. The predicted molar refractivity (Wildman–Crippen MR) is 70.9 cm³/mol. The topological polar surface area (TPSA) is 40.7 Å². The summed E-state index contributed by atoms with van der Waals surface area (Å²) in [4.78, 5) is 0. The molecule has 0 unspecified atom stereocenters. The van der Waals surface area contributed by atoms with E-state index in [2.05, 4.69) is 53.6 Å². The van der Waals surface area contributed by atoms with Gasteiger partial charge in [0, 0.05) is 12.1 Å². The van der Waals surface area contributed by atoms with Crippen molar-refractivity contribution >= 4 is 0 Å². The van der Waals surface area contributed by atoms with E-state index in [0.29, 0.717) is 0 Å². The van der Waals surface area contributed by atoms with E-state index in [4.69, 9.17) is 0 Å². The molecule has 0 bridgehead atoms. The van der Waals surface area contributed by atoms with Gasteiger partial charge in [0.2, 0.25) is 0 Å². The van der Waals surface area contributed by atoms with Gasteiger partial charge in [-0.1, -0.05) is 31.2 Å². The first-order chi connectivity index (χ1) is 8.26. The average Bonchev–Trinajstić information content (AvgIpc) is 2.72. The molecule has 1 heterocycles. The summed E-state index contributed by atoms with van der Waals surface area (Å²) in [5, 5.41) is 10.6. The van der Waals surface area contributed by atoms with Crippen LogP contribution in [0.2, 0.25) is 0 Å². The van der Waals surface area contributed by atoms with Crippen LogP contribution in [-0.4, -0.2) is 17.2 Å². The van der Waals surface area contributed by atoms with Crippen molar-refractivity contribution < 1.29 is 0 Å². The molecule has 0 amide bonds. The number of rotatable bonds is 4. The molecule has 3 heteroatoms. The van der Waals surface area contributed by atoms with E-state index in [1.54, 1.807) is 0 Å². The first-order valence-corrected chi connectivity index (χ1v) is 6.04. The van der Waals surface area contributed by atoms with Gasteiger partial charge < -0.3 is 5.32 Å². The fourth-order valence-electron chi connectivity index (χ4n) is 1.96. The molecule has 0 saturated carbocycles. The predicted octanol–water partition coefficient (Wildman–Crippen LogP) is 2.67. The molecule has 2 N–H and O–H groups in total. The van der Waals surface area contributed by atoms with Crippen LogP contribution < -0.4 is 5.32 Å². The number of nitrogens with one attached hydrogen (secondary N) is 2. The Morgan fingerprint density at radius 1 is 1.24 bits per heavy atom. The summed E-state index contributed by atoms with van der Waals surface area (Å²) in [6.07, 6.45) is 1.07. The summed E-state index contributed by atoms with van der Waals surface area (Å²) < 4.78 is 0. The smallest absolute Gasteiger partial charge is 0.0953 e. The lowest BCUT2D eigenvalue weighted by molar-refractivity contribution is 0.779. The second kappa shape index (κ2) is 5.15. The Balaban J connectivity index is 2.32. The summed E-state index contributed by atoms with van der Waals surface area (Å²) in [5.74, 6) is 0. The van der Waals surface area contributed by atoms with Crippen LogP contribution in [0.25, 0.3) is 11.3 Å². The van der Waals surface area contributed by atoms with Gasteiger partial charge in [0.1, 0.15) is 0 Å². The zero-order valence-electron chi connectivity index (χ0n) is 10.7. The largest absolute Gasteiger partial charge is 0.314 e. The van der Waals surface area contributed by atoms with Gasteiger partial charge in [-0.3, -0.25) is 5.10 Å². The van der Waals surface area contributed by atoms with Crippen molar-refractivity contribution in [3.8, 4) is 11.3 Å². The molecule has 2 aromatic rings. The summed E-state index contributed by atoms with van der Waals surface area (Å²) in [6, 6.07) is 8.62. The maximum atomic E-state index is 4.40. The minimum Gasteiger partial charge on any atom is -0.314 e. The van der Waals surface area contributed by atoms with Crippen molar-refractivity contribution in [2.45, 2.75) is 26.8 Å². The lowest BCUT2D eigenvalue weighted by atomic mass is 10.0. The molecule has 0 radical (unpaired) electrons. The Bertz CT molecular complexity index is 483. The van der Waals surface area contributed by atoms with Gasteiger partial charge in [0.25, 0.3) is 0 Å². The Morgan fingerprint density at radius 3 is 2.53 bits per heavy atom. The number of nitrogens with zero attached hydrogens (tertiary/aromatic N) is 1. The third kappa shape index (κ3) is 2.39. The molecule has 0 spiro atoms. The first kappa shape index (κ1) is 11.9. The minimum absolute atomic E-state index is 0.825. The number of hydrogen-bond acceptors (Lipinski definition) is 2. The van der Waals surface area contributed by atoms with E-state index in [9.17, 15) is 0 Å². The van der Waals surface area contributed by atoms with E-state index in [1.165, 1.54) is 16.7 Å².